The third-order valence-electron chi connectivity index (χ3n) is 4.64. The fourth-order valence-corrected chi connectivity index (χ4v) is 3.02. The molecule has 12 heteroatoms. The van der Waals surface area contributed by atoms with Gasteiger partial charge in [-0.3, -0.25) is 30.6 Å². The smallest absolute Gasteiger partial charge is 0.387 e. The molecule has 3 aromatic carbocycles. The summed E-state index contributed by atoms with van der Waals surface area (Å²) in [5, 5.41) is 13.2. The Morgan fingerprint density at radius 1 is 0.971 bits per heavy atom. The number of nitro benzene ring substituents is 1. The molecule has 0 spiro atoms. The summed E-state index contributed by atoms with van der Waals surface area (Å²) in [7, 11) is 1.11. The number of benzene rings is 3. The number of alkyl halides is 2. The Labute approximate surface area is 191 Å². The van der Waals surface area contributed by atoms with Crippen LogP contribution in [0.15, 0.2) is 54.6 Å². The van der Waals surface area contributed by atoms with E-state index in [4.69, 9.17) is 9.47 Å². The van der Waals surface area contributed by atoms with Gasteiger partial charge in [0.25, 0.3) is 17.5 Å². The summed E-state index contributed by atoms with van der Waals surface area (Å²) >= 11 is 0. The molecule has 0 saturated heterocycles. The Morgan fingerprint density at radius 3 is 2.32 bits per heavy atom. The lowest BCUT2D eigenvalue weighted by Gasteiger charge is -2.16. The van der Waals surface area contributed by atoms with Gasteiger partial charge in [-0.1, -0.05) is 30.3 Å². The van der Waals surface area contributed by atoms with E-state index >= 15 is 0 Å². The van der Waals surface area contributed by atoms with Crippen molar-refractivity contribution >= 4 is 28.3 Å². The van der Waals surface area contributed by atoms with Gasteiger partial charge in [0.05, 0.1) is 18.1 Å². The summed E-state index contributed by atoms with van der Waals surface area (Å²) in [6.45, 7) is -1.82. The van der Waals surface area contributed by atoms with Gasteiger partial charge in [0.1, 0.15) is 11.3 Å². The third kappa shape index (κ3) is 5.65. The average Bonchev–Trinajstić information content (AvgIpc) is 2.81. The molecule has 0 aliphatic carbocycles. The number of ether oxygens (including phenoxy) is 3. The normalized spacial score (nSPS) is 11.6. The van der Waals surface area contributed by atoms with Gasteiger partial charge in [0, 0.05) is 6.07 Å². The van der Waals surface area contributed by atoms with Gasteiger partial charge >= 0.3 is 6.61 Å². The second-order valence-corrected chi connectivity index (χ2v) is 6.87. The number of carbonyl (C=O) groups is 2. The topological polar surface area (TPSA) is 129 Å². The van der Waals surface area contributed by atoms with Crippen LogP contribution in [-0.2, 0) is 4.79 Å². The van der Waals surface area contributed by atoms with E-state index in [1.165, 1.54) is 6.92 Å². The zero-order valence-electron chi connectivity index (χ0n) is 17.9. The van der Waals surface area contributed by atoms with E-state index in [1.807, 2.05) is 35.8 Å². The van der Waals surface area contributed by atoms with Crippen molar-refractivity contribution in [2.45, 2.75) is 19.6 Å². The van der Waals surface area contributed by atoms with E-state index in [2.05, 4.69) is 10.2 Å². The molecule has 2 N–H and O–H groups in total. The largest absolute Gasteiger partial charge is 0.493 e. The first-order chi connectivity index (χ1) is 16.2. The van der Waals surface area contributed by atoms with E-state index in [9.17, 15) is 28.5 Å². The fourth-order valence-electron chi connectivity index (χ4n) is 3.02. The van der Waals surface area contributed by atoms with Crippen molar-refractivity contribution in [2.75, 3.05) is 7.11 Å². The van der Waals surface area contributed by atoms with Crippen molar-refractivity contribution in [1.29, 1.82) is 0 Å². The van der Waals surface area contributed by atoms with Crippen LogP contribution in [0.2, 0.25) is 0 Å². The maximum Gasteiger partial charge on any atom is 0.387 e. The van der Waals surface area contributed by atoms with E-state index in [0.717, 1.165) is 23.9 Å². The number of fused-ring (bicyclic) bond motifs is 1. The molecule has 1 atom stereocenters. The summed E-state index contributed by atoms with van der Waals surface area (Å²) in [4.78, 5) is 35.2. The van der Waals surface area contributed by atoms with E-state index in [0.29, 0.717) is 11.8 Å². The van der Waals surface area contributed by atoms with Crippen LogP contribution in [-0.4, -0.2) is 36.6 Å². The monoisotopic (exact) mass is 475 g/mol. The van der Waals surface area contributed by atoms with Gasteiger partial charge in [-0.25, -0.2) is 0 Å². The van der Waals surface area contributed by atoms with Crippen LogP contribution < -0.4 is 25.1 Å². The Balaban J connectivity index is 1.69. The van der Waals surface area contributed by atoms with Crippen molar-refractivity contribution < 1.29 is 37.5 Å². The lowest BCUT2D eigenvalue weighted by atomic mass is 10.1. The van der Waals surface area contributed by atoms with Crippen molar-refractivity contribution in [1.82, 2.24) is 10.9 Å². The van der Waals surface area contributed by atoms with Crippen molar-refractivity contribution in [3.63, 3.8) is 0 Å². The summed E-state index contributed by atoms with van der Waals surface area (Å²) in [5.74, 6) is -2.37. The molecule has 0 bridgehead atoms. The number of methoxy groups -OCH3 is 1. The molecule has 0 heterocycles. The highest BCUT2D eigenvalue weighted by atomic mass is 19.3. The Hall–Kier alpha value is -4.48. The predicted molar refractivity (Wildman–Crippen MR) is 116 cm³/mol. The number of hydrogen-bond donors (Lipinski definition) is 2. The Kier molecular flexibility index (Phi) is 7.41. The molecule has 0 aromatic heterocycles. The van der Waals surface area contributed by atoms with Gasteiger partial charge < -0.3 is 14.2 Å². The quantitative estimate of drug-likeness (QED) is 0.376. The molecule has 0 fully saturated rings. The molecular formula is C22H19F2N3O7. The highest BCUT2D eigenvalue weighted by molar-refractivity contribution is 6.00. The lowest BCUT2D eigenvalue weighted by Crippen LogP contribution is -2.47. The standard InChI is InChI=1S/C22H19F2N3O7/c1-12(33-15-8-7-13-5-3-4-6-14(13)9-15)20(28)25-26-21(29)16-10-18(32-2)19(34-22(23)24)11-17(16)27(30)31/h3-12,22H,1-2H3,(H,25,28)(H,26,29). The SMILES string of the molecule is COc1cc(C(=O)NNC(=O)C(C)Oc2ccc3ccccc3c2)c([N+](=O)[O-])cc1OC(F)F. The average molecular weight is 475 g/mol. The van der Waals surface area contributed by atoms with Gasteiger partial charge in [0.2, 0.25) is 0 Å². The molecule has 34 heavy (non-hydrogen) atoms. The van der Waals surface area contributed by atoms with Crippen molar-refractivity contribution in [3.8, 4) is 17.2 Å². The van der Waals surface area contributed by atoms with E-state index in [1.54, 1.807) is 12.1 Å². The van der Waals surface area contributed by atoms with Crippen molar-refractivity contribution in [2.24, 2.45) is 0 Å². The second-order valence-electron chi connectivity index (χ2n) is 6.87. The number of nitrogens with one attached hydrogen (secondary N) is 2. The molecule has 1 unspecified atom stereocenters. The Bertz CT molecular complexity index is 1240. The molecule has 178 valence electrons. The molecule has 10 nitrogen and oxygen atoms in total. The zero-order chi connectivity index (χ0) is 24.8. The minimum absolute atomic E-state index is 0.338. The maximum absolute atomic E-state index is 12.6. The summed E-state index contributed by atoms with van der Waals surface area (Å²) in [6.07, 6.45) is -1.03. The summed E-state index contributed by atoms with van der Waals surface area (Å²) in [6, 6.07) is 14.3. The predicted octanol–water partition coefficient (Wildman–Crippen LogP) is 3.59. The first-order valence-corrected chi connectivity index (χ1v) is 9.76. The Morgan fingerprint density at radius 2 is 1.68 bits per heavy atom. The van der Waals surface area contributed by atoms with Crippen LogP contribution in [0.4, 0.5) is 14.5 Å². The number of amides is 2. The number of nitro groups is 1. The zero-order valence-corrected chi connectivity index (χ0v) is 17.9. The highest BCUT2D eigenvalue weighted by Crippen LogP contribution is 2.35. The van der Waals surface area contributed by atoms with Crippen LogP contribution in [0.5, 0.6) is 17.2 Å². The summed E-state index contributed by atoms with van der Waals surface area (Å²) < 4.78 is 39.8. The van der Waals surface area contributed by atoms with E-state index < -0.39 is 46.5 Å². The van der Waals surface area contributed by atoms with Gasteiger partial charge in [-0.2, -0.15) is 8.78 Å². The van der Waals surface area contributed by atoms with Crippen LogP contribution in [0.25, 0.3) is 10.8 Å². The third-order valence-corrected chi connectivity index (χ3v) is 4.64. The molecule has 3 rings (SSSR count). The first-order valence-electron chi connectivity index (χ1n) is 9.76. The minimum atomic E-state index is -3.27. The number of hydrogen-bond acceptors (Lipinski definition) is 7. The van der Waals surface area contributed by atoms with E-state index in [-0.39, 0.29) is 5.75 Å². The molecule has 0 aliphatic heterocycles. The fraction of sp³-hybridized carbons (Fsp3) is 0.182. The number of hydrazine groups is 1. The first kappa shape index (κ1) is 24.2. The number of carbonyl (C=O) groups excluding carboxylic acids is 2. The molecule has 0 aliphatic rings. The van der Waals surface area contributed by atoms with Gasteiger partial charge in [-0.05, 0) is 29.8 Å². The van der Waals surface area contributed by atoms with Gasteiger partial charge in [-0.15, -0.1) is 0 Å². The molecule has 0 radical (unpaired) electrons. The number of rotatable bonds is 8. The minimum Gasteiger partial charge on any atom is -0.493 e. The number of halogens is 2. The van der Waals surface area contributed by atoms with Crippen LogP contribution in [0.1, 0.15) is 17.3 Å². The number of nitrogens with zero attached hydrogens (tertiary/aromatic N) is 1. The molecule has 0 saturated carbocycles. The summed E-state index contributed by atoms with van der Waals surface area (Å²) in [5.41, 5.74) is 2.77. The van der Waals surface area contributed by atoms with Crippen LogP contribution >= 0.6 is 0 Å². The maximum atomic E-state index is 12.6. The molecular weight excluding hydrogens is 456 g/mol. The lowest BCUT2D eigenvalue weighted by molar-refractivity contribution is -0.385. The molecule has 2 amide bonds. The van der Waals surface area contributed by atoms with Crippen LogP contribution in [0, 0.1) is 10.1 Å². The van der Waals surface area contributed by atoms with Crippen molar-refractivity contribution in [3.05, 3.63) is 70.3 Å². The van der Waals surface area contributed by atoms with Crippen LogP contribution in [0.3, 0.4) is 0 Å². The van der Waals surface area contributed by atoms with Gasteiger partial charge in [0.15, 0.2) is 17.6 Å². The highest BCUT2D eigenvalue weighted by Gasteiger charge is 2.27. The second kappa shape index (κ2) is 10.4. The molecule has 3 aromatic rings.